The molecule has 1 aromatic rings. The Morgan fingerprint density at radius 2 is 2.17 bits per heavy atom. The van der Waals surface area contributed by atoms with Crippen LogP contribution in [0.15, 0.2) is 24.3 Å². The van der Waals surface area contributed by atoms with Crippen molar-refractivity contribution in [3.05, 3.63) is 29.8 Å². The van der Waals surface area contributed by atoms with Crippen molar-refractivity contribution in [2.45, 2.75) is 39.2 Å². The Morgan fingerprint density at radius 1 is 1.44 bits per heavy atom. The number of aliphatic hydroxyl groups excluding tert-OH is 1. The van der Waals surface area contributed by atoms with E-state index >= 15 is 0 Å². The van der Waals surface area contributed by atoms with Gasteiger partial charge in [-0.2, -0.15) is 0 Å². The third kappa shape index (κ3) is 4.37. The van der Waals surface area contributed by atoms with Crippen molar-refractivity contribution in [3.8, 4) is 0 Å². The molecular formula is C14H22N2O2. The molecule has 0 aromatic heterocycles. The molecule has 1 aromatic carbocycles. The van der Waals surface area contributed by atoms with E-state index in [1.807, 2.05) is 45.0 Å². The lowest BCUT2D eigenvalue weighted by atomic mass is 9.95. The maximum absolute atomic E-state index is 11.9. The number of carbonyl (C=O) groups excluding carboxylic acids is 1. The van der Waals surface area contributed by atoms with Crippen LogP contribution in [0, 0.1) is 6.92 Å². The number of rotatable bonds is 5. The Hall–Kier alpha value is -1.55. The van der Waals surface area contributed by atoms with Gasteiger partial charge in [0.1, 0.15) is 0 Å². The average molecular weight is 250 g/mol. The van der Waals surface area contributed by atoms with Gasteiger partial charge in [0, 0.05) is 17.8 Å². The molecule has 0 spiro atoms. The summed E-state index contributed by atoms with van der Waals surface area (Å²) in [5.74, 6) is 0. The molecule has 4 heteroatoms. The molecule has 0 bridgehead atoms. The summed E-state index contributed by atoms with van der Waals surface area (Å²) in [6.07, 6.45) is 1.32. The number of aryl methyl sites for hydroxylation is 1. The fraction of sp³-hybridized carbons (Fsp3) is 0.500. The number of nitrogens with one attached hydrogen (secondary N) is 2. The van der Waals surface area contributed by atoms with Crippen LogP contribution in [-0.4, -0.2) is 23.3 Å². The van der Waals surface area contributed by atoms with E-state index in [4.69, 9.17) is 5.11 Å². The molecule has 0 aliphatic carbocycles. The zero-order valence-corrected chi connectivity index (χ0v) is 11.3. The van der Waals surface area contributed by atoms with Gasteiger partial charge in [-0.25, -0.2) is 4.79 Å². The maximum Gasteiger partial charge on any atom is 0.319 e. The van der Waals surface area contributed by atoms with E-state index in [9.17, 15) is 4.79 Å². The lowest BCUT2D eigenvalue weighted by molar-refractivity contribution is 0.208. The first-order valence-corrected chi connectivity index (χ1v) is 6.26. The van der Waals surface area contributed by atoms with Gasteiger partial charge in [0.2, 0.25) is 0 Å². The number of benzene rings is 1. The fourth-order valence-corrected chi connectivity index (χ4v) is 1.73. The highest BCUT2D eigenvalue weighted by molar-refractivity contribution is 5.89. The Bertz CT molecular complexity index is 407. The number of hydrogen-bond acceptors (Lipinski definition) is 2. The number of carbonyl (C=O) groups is 1. The Kier molecular flexibility index (Phi) is 5.16. The summed E-state index contributed by atoms with van der Waals surface area (Å²) in [5.41, 5.74) is 1.50. The molecule has 1 rings (SSSR count). The molecule has 0 saturated heterocycles. The van der Waals surface area contributed by atoms with Gasteiger partial charge in [-0.05, 0) is 44.4 Å². The standard InChI is InChI=1S/C14H22N2O2/c1-4-14(3,8-9-17)16-13(18)15-12-7-5-6-11(2)10-12/h5-7,10,17H,4,8-9H2,1-3H3,(H2,15,16,18). The number of anilines is 1. The molecule has 4 nitrogen and oxygen atoms in total. The highest BCUT2D eigenvalue weighted by Gasteiger charge is 2.23. The van der Waals surface area contributed by atoms with Crippen LogP contribution in [0.25, 0.3) is 0 Å². The summed E-state index contributed by atoms with van der Waals surface area (Å²) in [7, 11) is 0. The Balaban J connectivity index is 2.61. The third-order valence-electron chi connectivity index (χ3n) is 3.14. The average Bonchev–Trinajstić information content (AvgIpc) is 2.29. The van der Waals surface area contributed by atoms with Gasteiger partial charge in [0.15, 0.2) is 0 Å². The van der Waals surface area contributed by atoms with Crippen LogP contribution >= 0.6 is 0 Å². The maximum atomic E-state index is 11.9. The van der Waals surface area contributed by atoms with E-state index in [1.54, 1.807) is 0 Å². The van der Waals surface area contributed by atoms with Crippen LogP contribution in [0.3, 0.4) is 0 Å². The van der Waals surface area contributed by atoms with Gasteiger partial charge in [-0.1, -0.05) is 19.1 Å². The van der Waals surface area contributed by atoms with Crippen molar-refractivity contribution < 1.29 is 9.90 Å². The lowest BCUT2D eigenvalue weighted by Crippen LogP contribution is -2.48. The first kappa shape index (κ1) is 14.5. The van der Waals surface area contributed by atoms with E-state index in [1.165, 1.54) is 0 Å². The molecule has 2 amide bonds. The Labute approximate surface area is 108 Å². The molecule has 100 valence electrons. The van der Waals surface area contributed by atoms with E-state index < -0.39 is 0 Å². The number of urea groups is 1. The van der Waals surface area contributed by atoms with Crippen molar-refractivity contribution in [1.29, 1.82) is 0 Å². The smallest absolute Gasteiger partial charge is 0.319 e. The van der Waals surface area contributed by atoms with Crippen LogP contribution < -0.4 is 10.6 Å². The number of hydrogen-bond donors (Lipinski definition) is 3. The minimum Gasteiger partial charge on any atom is -0.396 e. The second-order valence-corrected chi connectivity index (χ2v) is 4.84. The lowest BCUT2D eigenvalue weighted by Gasteiger charge is -2.29. The second-order valence-electron chi connectivity index (χ2n) is 4.84. The van der Waals surface area contributed by atoms with Gasteiger partial charge in [-0.3, -0.25) is 0 Å². The van der Waals surface area contributed by atoms with Gasteiger partial charge in [0.05, 0.1) is 0 Å². The van der Waals surface area contributed by atoms with Crippen LogP contribution in [0.2, 0.25) is 0 Å². The van der Waals surface area contributed by atoms with Crippen LogP contribution in [0.4, 0.5) is 10.5 Å². The molecule has 18 heavy (non-hydrogen) atoms. The quantitative estimate of drug-likeness (QED) is 0.752. The van der Waals surface area contributed by atoms with E-state index in [2.05, 4.69) is 10.6 Å². The zero-order chi connectivity index (χ0) is 13.6. The second kappa shape index (κ2) is 6.40. The monoisotopic (exact) mass is 250 g/mol. The van der Waals surface area contributed by atoms with Crippen LogP contribution in [0.1, 0.15) is 32.3 Å². The highest BCUT2D eigenvalue weighted by atomic mass is 16.3. The van der Waals surface area contributed by atoms with E-state index in [0.717, 1.165) is 17.7 Å². The molecule has 3 N–H and O–H groups in total. The van der Waals surface area contributed by atoms with Gasteiger partial charge in [0.25, 0.3) is 0 Å². The van der Waals surface area contributed by atoms with Crippen LogP contribution in [-0.2, 0) is 0 Å². The zero-order valence-electron chi connectivity index (χ0n) is 11.3. The molecule has 0 aliphatic rings. The summed E-state index contributed by atoms with van der Waals surface area (Å²) in [5, 5.41) is 14.7. The first-order chi connectivity index (χ1) is 8.49. The van der Waals surface area contributed by atoms with Crippen molar-refractivity contribution in [3.63, 3.8) is 0 Å². The van der Waals surface area contributed by atoms with E-state index in [-0.39, 0.29) is 18.2 Å². The van der Waals surface area contributed by atoms with Crippen molar-refractivity contribution in [2.24, 2.45) is 0 Å². The largest absolute Gasteiger partial charge is 0.396 e. The van der Waals surface area contributed by atoms with Crippen molar-refractivity contribution >= 4 is 11.7 Å². The molecule has 0 saturated carbocycles. The summed E-state index contributed by atoms with van der Waals surface area (Å²) in [6.45, 7) is 5.96. The molecule has 0 aliphatic heterocycles. The first-order valence-electron chi connectivity index (χ1n) is 6.26. The Morgan fingerprint density at radius 3 is 2.72 bits per heavy atom. The topological polar surface area (TPSA) is 61.4 Å². The van der Waals surface area contributed by atoms with Gasteiger partial charge >= 0.3 is 6.03 Å². The van der Waals surface area contributed by atoms with Crippen molar-refractivity contribution in [1.82, 2.24) is 5.32 Å². The fourth-order valence-electron chi connectivity index (χ4n) is 1.73. The predicted octanol–water partition coefficient (Wildman–Crippen LogP) is 2.67. The molecule has 0 heterocycles. The summed E-state index contributed by atoms with van der Waals surface area (Å²) in [4.78, 5) is 11.9. The summed E-state index contributed by atoms with van der Waals surface area (Å²) in [6, 6.07) is 7.40. The normalized spacial score (nSPS) is 13.8. The molecule has 0 fully saturated rings. The van der Waals surface area contributed by atoms with Gasteiger partial charge < -0.3 is 15.7 Å². The minimum absolute atomic E-state index is 0.0645. The molecular weight excluding hydrogens is 228 g/mol. The minimum atomic E-state index is -0.372. The third-order valence-corrected chi connectivity index (χ3v) is 3.14. The molecule has 1 atom stereocenters. The molecule has 0 radical (unpaired) electrons. The SMILES string of the molecule is CCC(C)(CCO)NC(=O)Nc1cccc(C)c1. The predicted molar refractivity (Wildman–Crippen MR) is 73.7 cm³/mol. The van der Waals surface area contributed by atoms with Crippen LogP contribution in [0.5, 0.6) is 0 Å². The van der Waals surface area contributed by atoms with Crippen molar-refractivity contribution in [2.75, 3.05) is 11.9 Å². The summed E-state index contributed by atoms with van der Waals surface area (Å²) < 4.78 is 0. The summed E-state index contributed by atoms with van der Waals surface area (Å²) >= 11 is 0. The number of aliphatic hydroxyl groups is 1. The number of amides is 2. The molecule has 1 unspecified atom stereocenters. The van der Waals surface area contributed by atoms with E-state index in [0.29, 0.717) is 6.42 Å². The highest BCUT2D eigenvalue weighted by Crippen LogP contribution is 2.15. The van der Waals surface area contributed by atoms with Gasteiger partial charge in [-0.15, -0.1) is 0 Å².